The van der Waals surface area contributed by atoms with Crippen molar-refractivity contribution in [3.63, 3.8) is 0 Å². The first-order valence-electron chi connectivity index (χ1n) is 7.07. The summed E-state index contributed by atoms with van der Waals surface area (Å²) in [5.74, 6) is 7.95. The maximum Gasteiger partial charge on any atom is 0.124 e. The quantitative estimate of drug-likeness (QED) is 0.657. The molecule has 19 heavy (non-hydrogen) atoms. The minimum atomic E-state index is -0.187. The first-order chi connectivity index (χ1) is 9.15. The molecule has 4 heteroatoms. The van der Waals surface area contributed by atoms with Crippen molar-refractivity contribution in [2.24, 2.45) is 23.6 Å². The molecule has 2 fully saturated rings. The van der Waals surface area contributed by atoms with Crippen molar-refractivity contribution in [2.75, 3.05) is 0 Å². The molecule has 104 valence electrons. The second kappa shape index (κ2) is 5.51. The van der Waals surface area contributed by atoms with Crippen molar-refractivity contribution in [3.05, 3.63) is 34.1 Å². The van der Waals surface area contributed by atoms with Gasteiger partial charge in [0.25, 0.3) is 0 Å². The van der Waals surface area contributed by atoms with Gasteiger partial charge in [0.05, 0.1) is 0 Å². The third-order valence-corrected chi connectivity index (χ3v) is 5.36. The Labute approximate surface area is 122 Å². The lowest BCUT2D eigenvalue weighted by molar-refractivity contribution is 0.248. The summed E-state index contributed by atoms with van der Waals surface area (Å²) in [5, 5.41) is 0. The highest BCUT2D eigenvalue weighted by Gasteiger charge is 2.42. The molecule has 4 atom stereocenters. The number of hydrogen-bond acceptors (Lipinski definition) is 2. The van der Waals surface area contributed by atoms with Crippen molar-refractivity contribution in [1.29, 1.82) is 0 Å². The highest BCUT2D eigenvalue weighted by atomic mass is 79.9. The second-order valence-electron chi connectivity index (χ2n) is 6.09. The zero-order chi connectivity index (χ0) is 13.4. The van der Waals surface area contributed by atoms with Crippen LogP contribution in [-0.2, 0) is 6.42 Å². The molecule has 0 heterocycles. The van der Waals surface area contributed by atoms with E-state index in [1.165, 1.54) is 31.7 Å². The Balaban J connectivity index is 1.72. The lowest BCUT2D eigenvalue weighted by atomic mass is 9.81. The van der Waals surface area contributed by atoms with Gasteiger partial charge in [0, 0.05) is 10.5 Å². The highest BCUT2D eigenvalue weighted by molar-refractivity contribution is 9.10. The predicted molar refractivity (Wildman–Crippen MR) is 77.9 cm³/mol. The summed E-state index contributed by atoms with van der Waals surface area (Å²) < 4.78 is 14.2. The lowest BCUT2D eigenvalue weighted by Crippen LogP contribution is -2.44. The summed E-state index contributed by atoms with van der Waals surface area (Å²) in [6.07, 6.45) is 6.21. The predicted octanol–water partition coefficient (Wildman–Crippen LogP) is 3.40. The SMILES string of the molecule is NNC(Cc1cc(F)cc(Br)c1)C1CC2CCC1C2. The molecule has 0 amide bonds. The number of benzene rings is 1. The Morgan fingerprint density at radius 3 is 2.74 bits per heavy atom. The standard InChI is InChI=1S/C15H20BrFN2/c16-12-4-10(5-13(17)8-12)7-15(19-18)14-6-9-1-2-11(14)3-9/h4-5,8-9,11,14-15,19H,1-3,6-7,18H2. The third-order valence-electron chi connectivity index (χ3n) is 4.90. The number of nitrogens with one attached hydrogen (secondary N) is 1. The first kappa shape index (κ1) is 13.5. The van der Waals surface area contributed by atoms with Crippen LogP contribution >= 0.6 is 15.9 Å². The van der Waals surface area contributed by atoms with E-state index in [-0.39, 0.29) is 11.9 Å². The van der Waals surface area contributed by atoms with Gasteiger partial charge in [-0.2, -0.15) is 0 Å². The van der Waals surface area contributed by atoms with E-state index < -0.39 is 0 Å². The van der Waals surface area contributed by atoms with Crippen LogP contribution in [0.1, 0.15) is 31.2 Å². The summed E-state index contributed by atoms with van der Waals surface area (Å²) >= 11 is 3.35. The second-order valence-corrected chi connectivity index (χ2v) is 7.01. The van der Waals surface area contributed by atoms with Crippen molar-refractivity contribution >= 4 is 15.9 Å². The average molecular weight is 327 g/mol. The fourth-order valence-electron chi connectivity index (χ4n) is 4.10. The molecular weight excluding hydrogens is 307 g/mol. The van der Waals surface area contributed by atoms with E-state index in [9.17, 15) is 4.39 Å². The van der Waals surface area contributed by atoms with Crippen LogP contribution < -0.4 is 11.3 Å². The van der Waals surface area contributed by atoms with Crippen molar-refractivity contribution < 1.29 is 4.39 Å². The number of fused-ring (bicyclic) bond motifs is 2. The van der Waals surface area contributed by atoms with Crippen molar-refractivity contribution in [2.45, 2.75) is 38.1 Å². The summed E-state index contributed by atoms with van der Waals surface area (Å²) in [5.41, 5.74) is 3.99. The van der Waals surface area contributed by atoms with E-state index in [2.05, 4.69) is 21.4 Å². The zero-order valence-corrected chi connectivity index (χ0v) is 12.5. The molecule has 0 aliphatic heterocycles. The van der Waals surface area contributed by atoms with Gasteiger partial charge in [-0.1, -0.05) is 22.4 Å². The van der Waals surface area contributed by atoms with Gasteiger partial charge in [-0.05, 0) is 67.2 Å². The Bertz CT molecular complexity index is 445. The highest BCUT2D eigenvalue weighted by Crippen LogP contribution is 2.49. The van der Waals surface area contributed by atoms with Crippen LogP contribution in [0, 0.1) is 23.6 Å². The molecule has 2 bridgehead atoms. The minimum absolute atomic E-state index is 0.187. The normalized spacial score (nSPS) is 30.8. The maximum absolute atomic E-state index is 13.4. The summed E-state index contributed by atoms with van der Waals surface area (Å²) in [4.78, 5) is 0. The molecule has 3 N–H and O–H groups in total. The number of hydrogen-bond donors (Lipinski definition) is 2. The third kappa shape index (κ3) is 2.86. The van der Waals surface area contributed by atoms with Gasteiger partial charge < -0.3 is 0 Å². The topological polar surface area (TPSA) is 38.0 Å². The molecule has 2 nitrogen and oxygen atoms in total. The number of rotatable bonds is 4. The summed E-state index contributed by atoms with van der Waals surface area (Å²) in [6, 6.07) is 5.36. The molecule has 2 aliphatic rings. The molecule has 1 aromatic carbocycles. The van der Waals surface area contributed by atoms with Gasteiger partial charge in [-0.3, -0.25) is 11.3 Å². The molecular formula is C15H20BrFN2. The van der Waals surface area contributed by atoms with Crippen LogP contribution in [0.25, 0.3) is 0 Å². The van der Waals surface area contributed by atoms with Crippen LogP contribution in [0.4, 0.5) is 4.39 Å². The largest absolute Gasteiger partial charge is 0.271 e. The van der Waals surface area contributed by atoms with Crippen LogP contribution in [0.15, 0.2) is 22.7 Å². The fourth-order valence-corrected chi connectivity index (χ4v) is 4.62. The van der Waals surface area contributed by atoms with Crippen LogP contribution in [0.3, 0.4) is 0 Å². The van der Waals surface area contributed by atoms with E-state index in [1.807, 2.05) is 6.07 Å². The molecule has 2 aliphatic carbocycles. The molecule has 0 spiro atoms. The number of hydrazine groups is 1. The van der Waals surface area contributed by atoms with E-state index >= 15 is 0 Å². The minimum Gasteiger partial charge on any atom is -0.271 e. The smallest absolute Gasteiger partial charge is 0.124 e. The molecule has 4 unspecified atom stereocenters. The summed E-state index contributed by atoms with van der Waals surface area (Å²) in [7, 11) is 0. The van der Waals surface area contributed by atoms with Gasteiger partial charge >= 0.3 is 0 Å². The lowest BCUT2D eigenvalue weighted by Gasteiger charge is -2.30. The van der Waals surface area contributed by atoms with Crippen LogP contribution in [0.2, 0.25) is 0 Å². The molecule has 0 radical (unpaired) electrons. The monoisotopic (exact) mass is 326 g/mol. The molecule has 0 saturated heterocycles. The van der Waals surface area contributed by atoms with E-state index in [1.54, 1.807) is 6.07 Å². The van der Waals surface area contributed by atoms with Gasteiger partial charge in [-0.25, -0.2) is 4.39 Å². The Kier molecular flexibility index (Phi) is 3.92. The number of nitrogens with two attached hydrogens (primary N) is 1. The molecule has 0 aromatic heterocycles. The first-order valence-corrected chi connectivity index (χ1v) is 7.86. The van der Waals surface area contributed by atoms with Crippen LogP contribution in [0.5, 0.6) is 0 Å². The summed E-state index contributed by atoms with van der Waals surface area (Å²) in [6.45, 7) is 0. The van der Waals surface area contributed by atoms with E-state index in [0.717, 1.165) is 28.3 Å². The van der Waals surface area contributed by atoms with Crippen molar-refractivity contribution in [3.8, 4) is 0 Å². The Hall–Kier alpha value is -0.450. The molecule has 2 saturated carbocycles. The van der Waals surface area contributed by atoms with Gasteiger partial charge in [0.1, 0.15) is 5.82 Å². The maximum atomic E-state index is 13.4. The molecule has 1 aromatic rings. The fraction of sp³-hybridized carbons (Fsp3) is 0.600. The zero-order valence-electron chi connectivity index (χ0n) is 10.9. The van der Waals surface area contributed by atoms with Gasteiger partial charge in [0.2, 0.25) is 0 Å². The van der Waals surface area contributed by atoms with Crippen LogP contribution in [-0.4, -0.2) is 6.04 Å². The van der Waals surface area contributed by atoms with E-state index in [4.69, 9.17) is 5.84 Å². The van der Waals surface area contributed by atoms with E-state index in [0.29, 0.717) is 5.92 Å². The Morgan fingerprint density at radius 2 is 2.16 bits per heavy atom. The van der Waals surface area contributed by atoms with Gasteiger partial charge in [0.15, 0.2) is 0 Å². The Morgan fingerprint density at radius 1 is 1.32 bits per heavy atom. The van der Waals surface area contributed by atoms with Gasteiger partial charge in [-0.15, -0.1) is 0 Å². The number of halogens is 2. The molecule has 3 rings (SSSR count). The average Bonchev–Trinajstić information content (AvgIpc) is 2.96. The van der Waals surface area contributed by atoms with Crippen molar-refractivity contribution in [1.82, 2.24) is 5.43 Å².